The summed E-state index contributed by atoms with van der Waals surface area (Å²) in [6.07, 6.45) is 2.04. The molecule has 15 heavy (non-hydrogen) atoms. The number of aliphatic hydroxyl groups is 1. The number of pyridine rings is 1. The van der Waals surface area contributed by atoms with Crippen LogP contribution in [0.2, 0.25) is 0 Å². The molecule has 1 rings (SSSR count). The van der Waals surface area contributed by atoms with Gasteiger partial charge in [-0.15, -0.1) is 0 Å². The lowest BCUT2D eigenvalue weighted by Gasteiger charge is -2.08. The highest BCUT2D eigenvalue weighted by atomic mass is 16.5. The first kappa shape index (κ1) is 11.3. The fourth-order valence-corrected chi connectivity index (χ4v) is 0.993. The number of aliphatic hydroxyl groups excluding tert-OH is 1. The van der Waals surface area contributed by atoms with Crippen LogP contribution in [-0.2, 0) is 0 Å². The Morgan fingerprint density at radius 2 is 2.40 bits per heavy atom. The number of nitrogens with two attached hydrogens (primary N) is 1. The van der Waals surface area contributed by atoms with Gasteiger partial charge in [-0.3, -0.25) is 0 Å². The van der Waals surface area contributed by atoms with Gasteiger partial charge in [-0.1, -0.05) is 5.16 Å². The Kier molecular flexibility index (Phi) is 4.36. The van der Waals surface area contributed by atoms with Crippen LogP contribution in [0.1, 0.15) is 12.1 Å². The predicted molar refractivity (Wildman–Crippen MR) is 53.9 cm³/mol. The Labute approximate surface area is 87.0 Å². The monoisotopic (exact) mass is 211 g/mol. The number of rotatable bonds is 5. The largest absolute Gasteiger partial charge is 0.491 e. The van der Waals surface area contributed by atoms with E-state index in [1.807, 2.05) is 0 Å². The molecule has 6 nitrogen and oxygen atoms in total. The van der Waals surface area contributed by atoms with Crippen LogP contribution in [-0.4, -0.2) is 34.3 Å². The maximum absolute atomic E-state index is 8.58. The fourth-order valence-electron chi connectivity index (χ4n) is 0.993. The molecule has 4 N–H and O–H groups in total. The van der Waals surface area contributed by atoms with Gasteiger partial charge in [-0.25, -0.2) is 4.98 Å². The van der Waals surface area contributed by atoms with Crippen molar-refractivity contribution >= 4 is 5.84 Å². The third-order valence-electron chi connectivity index (χ3n) is 1.68. The molecule has 0 amide bonds. The fraction of sp³-hybridized carbons (Fsp3) is 0.333. The molecule has 0 unspecified atom stereocenters. The number of aromatic nitrogens is 1. The van der Waals surface area contributed by atoms with E-state index < -0.39 is 0 Å². The maximum Gasteiger partial charge on any atom is 0.192 e. The summed E-state index contributed by atoms with van der Waals surface area (Å²) in [4.78, 5) is 3.92. The highest BCUT2D eigenvalue weighted by Crippen LogP contribution is 2.14. The second-order valence-electron chi connectivity index (χ2n) is 2.76. The van der Waals surface area contributed by atoms with E-state index in [9.17, 15) is 0 Å². The number of ether oxygens (including phenoxy) is 1. The van der Waals surface area contributed by atoms with Crippen molar-refractivity contribution in [3.05, 3.63) is 24.0 Å². The molecule has 0 saturated carbocycles. The third kappa shape index (κ3) is 3.10. The molecule has 1 aromatic heterocycles. The summed E-state index contributed by atoms with van der Waals surface area (Å²) in [5, 5.41) is 19.9. The van der Waals surface area contributed by atoms with Crippen molar-refractivity contribution in [1.82, 2.24) is 4.98 Å². The molecule has 82 valence electrons. The molecule has 0 fully saturated rings. The molecule has 0 spiro atoms. The normalized spacial score (nSPS) is 11.4. The molecule has 0 aliphatic heterocycles. The Hall–Kier alpha value is -1.82. The highest BCUT2D eigenvalue weighted by molar-refractivity contribution is 5.97. The molecule has 0 aromatic carbocycles. The first-order valence-corrected chi connectivity index (χ1v) is 4.46. The van der Waals surface area contributed by atoms with Crippen molar-refractivity contribution < 1.29 is 15.1 Å². The van der Waals surface area contributed by atoms with Crippen molar-refractivity contribution in [3.63, 3.8) is 0 Å². The van der Waals surface area contributed by atoms with Gasteiger partial charge >= 0.3 is 0 Å². The van der Waals surface area contributed by atoms with Gasteiger partial charge in [-0.05, 0) is 12.1 Å². The number of hydrogen-bond acceptors (Lipinski definition) is 5. The Balaban J connectivity index is 2.77. The number of nitrogens with zero attached hydrogens (tertiary/aromatic N) is 2. The summed E-state index contributed by atoms with van der Waals surface area (Å²) in [6.45, 7) is 0.410. The van der Waals surface area contributed by atoms with Crippen LogP contribution in [0, 0.1) is 0 Å². The van der Waals surface area contributed by atoms with E-state index in [1.54, 1.807) is 12.1 Å². The molecule has 0 aliphatic rings. The maximum atomic E-state index is 8.58. The SMILES string of the molecule is N/C(=N/O)c1ncccc1OCCCO. The van der Waals surface area contributed by atoms with E-state index in [0.29, 0.717) is 18.8 Å². The summed E-state index contributed by atoms with van der Waals surface area (Å²) in [7, 11) is 0. The lowest BCUT2D eigenvalue weighted by atomic mass is 10.3. The van der Waals surface area contributed by atoms with Crippen molar-refractivity contribution in [2.45, 2.75) is 6.42 Å². The lowest BCUT2D eigenvalue weighted by molar-refractivity contribution is 0.233. The minimum atomic E-state index is -0.102. The average molecular weight is 211 g/mol. The number of amidine groups is 1. The molecule has 0 radical (unpaired) electrons. The van der Waals surface area contributed by atoms with Gasteiger partial charge in [0.1, 0.15) is 5.75 Å². The van der Waals surface area contributed by atoms with Crippen LogP contribution in [0.4, 0.5) is 0 Å². The van der Waals surface area contributed by atoms with E-state index in [0.717, 1.165) is 0 Å². The average Bonchev–Trinajstić information content (AvgIpc) is 2.29. The van der Waals surface area contributed by atoms with Crippen LogP contribution in [0.15, 0.2) is 23.5 Å². The van der Waals surface area contributed by atoms with Gasteiger partial charge in [0, 0.05) is 19.2 Å². The summed E-state index contributed by atoms with van der Waals surface area (Å²) < 4.78 is 5.31. The zero-order valence-corrected chi connectivity index (χ0v) is 8.13. The van der Waals surface area contributed by atoms with Crippen LogP contribution < -0.4 is 10.5 Å². The second kappa shape index (κ2) is 5.82. The first-order chi connectivity index (χ1) is 7.29. The van der Waals surface area contributed by atoms with E-state index in [2.05, 4.69) is 10.1 Å². The van der Waals surface area contributed by atoms with E-state index >= 15 is 0 Å². The van der Waals surface area contributed by atoms with E-state index in [1.165, 1.54) is 6.20 Å². The standard InChI is InChI=1S/C9H13N3O3/c10-9(12-14)8-7(3-1-4-11-8)15-6-2-5-13/h1,3-4,13-14H,2,5-6H2,(H2,10,12). The van der Waals surface area contributed by atoms with E-state index in [-0.39, 0.29) is 18.1 Å². The zero-order chi connectivity index (χ0) is 11.1. The Morgan fingerprint density at radius 1 is 1.60 bits per heavy atom. The minimum absolute atomic E-state index is 0.0547. The van der Waals surface area contributed by atoms with Crippen molar-refractivity contribution in [2.24, 2.45) is 10.9 Å². The number of hydrogen-bond donors (Lipinski definition) is 3. The van der Waals surface area contributed by atoms with Crippen LogP contribution in [0.5, 0.6) is 5.75 Å². The minimum Gasteiger partial charge on any atom is -0.491 e. The topological polar surface area (TPSA) is 101 Å². The summed E-state index contributed by atoms with van der Waals surface area (Å²) in [6, 6.07) is 3.35. The molecule has 6 heteroatoms. The van der Waals surface area contributed by atoms with Crippen molar-refractivity contribution in [1.29, 1.82) is 0 Å². The number of oxime groups is 1. The third-order valence-corrected chi connectivity index (χ3v) is 1.68. The molecular weight excluding hydrogens is 198 g/mol. The van der Waals surface area contributed by atoms with Gasteiger partial charge in [0.25, 0.3) is 0 Å². The summed E-state index contributed by atoms with van der Waals surface area (Å²) in [5.74, 6) is 0.329. The Morgan fingerprint density at radius 3 is 3.07 bits per heavy atom. The van der Waals surface area contributed by atoms with Gasteiger partial charge in [-0.2, -0.15) is 0 Å². The smallest absolute Gasteiger partial charge is 0.192 e. The van der Waals surface area contributed by atoms with E-state index in [4.69, 9.17) is 20.8 Å². The molecule has 0 atom stereocenters. The van der Waals surface area contributed by atoms with Gasteiger partial charge in [0.05, 0.1) is 6.61 Å². The van der Waals surface area contributed by atoms with Crippen LogP contribution in [0.25, 0.3) is 0 Å². The molecule has 1 heterocycles. The van der Waals surface area contributed by atoms with Gasteiger partial charge < -0.3 is 20.8 Å². The molecule has 0 aliphatic carbocycles. The summed E-state index contributed by atoms with van der Waals surface area (Å²) in [5.41, 5.74) is 5.70. The molecule has 0 bridgehead atoms. The lowest BCUT2D eigenvalue weighted by Crippen LogP contribution is -2.17. The Bertz CT molecular complexity index is 341. The van der Waals surface area contributed by atoms with Gasteiger partial charge in [0.2, 0.25) is 0 Å². The molecule has 1 aromatic rings. The first-order valence-electron chi connectivity index (χ1n) is 4.46. The van der Waals surface area contributed by atoms with Crippen molar-refractivity contribution in [3.8, 4) is 5.75 Å². The van der Waals surface area contributed by atoms with Crippen molar-refractivity contribution in [2.75, 3.05) is 13.2 Å². The zero-order valence-electron chi connectivity index (χ0n) is 8.13. The van der Waals surface area contributed by atoms with Gasteiger partial charge in [0.15, 0.2) is 11.5 Å². The second-order valence-corrected chi connectivity index (χ2v) is 2.76. The van der Waals surface area contributed by atoms with Crippen LogP contribution in [0.3, 0.4) is 0 Å². The van der Waals surface area contributed by atoms with Crippen LogP contribution >= 0.6 is 0 Å². The molecule has 0 saturated heterocycles. The summed E-state index contributed by atoms with van der Waals surface area (Å²) >= 11 is 0. The quantitative estimate of drug-likeness (QED) is 0.208. The highest BCUT2D eigenvalue weighted by Gasteiger charge is 2.08. The predicted octanol–water partition coefficient (Wildman–Crippen LogP) is -0.0627. The molecular formula is C9H13N3O3.